The first-order chi connectivity index (χ1) is 11.1. The van der Waals surface area contributed by atoms with Gasteiger partial charge in [-0.1, -0.05) is 5.21 Å². The zero-order valence-electron chi connectivity index (χ0n) is 14.0. The van der Waals surface area contributed by atoms with Crippen LogP contribution in [-0.4, -0.2) is 62.7 Å². The fraction of sp³-hybridized carbons (Fsp3) is 0.812. The number of aliphatic hydroxyl groups excluding tert-OH is 1. The summed E-state index contributed by atoms with van der Waals surface area (Å²) in [6.45, 7) is 6.86. The van der Waals surface area contributed by atoms with E-state index >= 15 is 0 Å². The molecular formula is C16H27N5O2. The van der Waals surface area contributed by atoms with Crippen molar-refractivity contribution in [2.24, 2.45) is 11.8 Å². The Balaban J connectivity index is 1.59. The maximum Gasteiger partial charge on any atom is 0.224 e. The molecule has 3 fully saturated rings. The molecule has 0 aromatic carbocycles. The minimum Gasteiger partial charge on any atom is -0.396 e. The molecule has 0 spiro atoms. The second-order valence-electron chi connectivity index (χ2n) is 7.11. The van der Waals surface area contributed by atoms with Crippen LogP contribution in [0.3, 0.4) is 0 Å². The van der Waals surface area contributed by atoms with Crippen LogP contribution < -0.4 is 5.32 Å². The van der Waals surface area contributed by atoms with Gasteiger partial charge < -0.3 is 10.4 Å². The van der Waals surface area contributed by atoms with Crippen molar-refractivity contribution in [2.45, 2.75) is 51.7 Å². The lowest BCUT2D eigenvalue weighted by Crippen LogP contribution is -2.58. The molecule has 128 valence electrons. The average molecular weight is 321 g/mol. The summed E-state index contributed by atoms with van der Waals surface area (Å²) >= 11 is 0. The third kappa shape index (κ3) is 3.72. The number of carbonyl (C=O) groups is 1. The maximum absolute atomic E-state index is 12.3. The minimum atomic E-state index is 0.100. The van der Waals surface area contributed by atoms with Crippen LogP contribution in [0.25, 0.3) is 0 Å². The normalized spacial score (nSPS) is 29.9. The van der Waals surface area contributed by atoms with E-state index < -0.39 is 0 Å². The monoisotopic (exact) mass is 321 g/mol. The van der Waals surface area contributed by atoms with Gasteiger partial charge in [-0.05, 0) is 39.2 Å². The summed E-state index contributed by atoms with van der Waals surface area (Å²) in [7, 11) is 0. The molecule has 3 aliphatic heterocycles. The van der Waals surface area contributed by atoms with E-state index in [1.807, 2.05) is 24.7 Å². The highest BCUT2D eigenvalue weighted by molar-refractivity contribution is 5.79. The number of rotatable bonds is 6. The van der Waals surface area contributed by atoms with Gasteiger partial charge in [0.05, 0.1) is 18.2 Å². The molecule has 1 amide bonds. The zero-order chi connectivity index (χ0) is 16.4. The SMILES string of the molecule is CC(C)NC(=O)[C@@H]1CN2CC[C@H]1C[C@@H]2Cn1cc(CCO)nn1. The van der Waals surface area contributed by atoms with Crippen LogP contribution in [0.1, 0.15) is 32.4 Å². The molecule has 23 heavy (non-hydrogen) atoms. The van der Waals surface area contributed by atoms with E-state index in [1.54, 1.807) is 0 Å². The molecule has 7 heteroatoms. The molecule has 4 atom stereocenters. The first-order valence-electron chi connectivity index (χ1n) is 8.61. The fourth-order valence-corrected chi connectivity index (χ4v) is 3.89. The number of carbonyl (C=O) groups excluding carboxylic acids is 1. The Morgan fingerprint density at radius 2 is 2.35 bits per heavy atom. The van der Waals surface area contributed by atoms with Crippen LogP contribution in [-0.2, 0) is 17.8 Å². The van der Waals surface area contributed by atoms with Crippen molar-refractivity contribution in [1.29, 1.82) is 0 Å². The van der Waals surface area contributed by atoms with Gasteiger partial charge in [0.1, 0.15) is 0 Å². The van der Waals surface area contributed by atoms with Gasteiger partial charge in [-0.2, -0.15) is 0 Å². The number of aliphatic hydroxyl groups is 1. The lowest BCUT2D eigenvalue weighted by atomic mass is 9.75. The lowest BCUT2D eigenvalue weighted by Gasteiger charge is -2.49. The molecule has 4 rings (SSSR count). The summed E-state index contributed by atoms with van der Waals surface area (Å²) < 4.78 is 1.87. The molecule has 3 aliphatic rings. The van der Waals surface area contributed by atoms with Crippen molar-refractivity contribution >= 4 is 5.91 Å². The lowest BCUT2D eigenvalue weighted by molar-refractivity contribution is -0.133. The van der Waals surface area contributed by atoms with Gasteiger partial charge in [-0.15, -0.1) is 5.10 Å². The van der Waals surface area contributed by atoms with Crippen LogP contribution in [0.5, 0.6) is 0 Å². The van der Waals surface area contributed by atoms with E-state index in [0.717, 1.165) is 38.2 Å². The van der Waals surface area contributed by atoms with Crippen LogP contribution in [0.4, 0.5) is 0 Å². The fourth-order valence-electron chi connectivity index (χ4n) is 3.89. The predicted octanol–water partition coefficient (Wildman–Crippen LogP) is 0.0479. The minimum absolute atomic E-state index is 0.100. The van der Waals surface area contributed by atoms with Gasteiger partial charge in [0.15, 0.2) is 0 Å². The number of nitrogens with zero attached hydrogens (tertiary/aromatic N) is 4. The van der Waals surface area contributed by atoms with Crippen LogP contribution >= 0.6 is 0 Å². The molecule has 7 nitrogen and oxygen atoms in total. The van der Waals surface area contributed by atoms with E-state index in [9.17, 15) is 4.79 Å². The molecule has 0 saturated carbocycles. The van der Waals surface area contributed by atoms with Crippen LogP contribution in [0.15, 0.2) is 6.20 Å². The Hall–Kier alpha value is -1.47. The van der Waals surface area contributed by atoms with E-state index in [2.05, 4.69) is 20.5 Å². The van der Waals surface area contributed by atoms with Crippen molar-refractivity contribution < 1.29 is 9.90 Å². The second kappa shape index (κ2) is 6.97. The molecule has 0 radical (unpaired) electrons. The number of nitrogens with one attached hydrogen (secondary N) is 1. The quantitative estimate of drug-likeness (QED) is 0.773. The topological polar surface area (TPSA) is 83.3 Å². The summed E-state index contributed by atoms with van der Waals surface area (Å²) in [5, 5.41) is 20.3. The molecule has 2 bridgehead atoms. The third-order valence-corrected chi connectivity index (χ3v) is 5.00. The number of hydrogen-bond donors (Lipinski definition) is 2. The standard InChI is InChI=1S/C16H27N5O2/c1-11(2)17-16(23)15-10-20-5-3-12(15)7-14(20)9-21-8-13(4-6-22)18-19-21/h8,11-12,14-15,22H,3-7,9-10H2,1-2H3,(H,17,23)/t12-,14+,15+/m0/s1. The Labute approximate surface area is 137 Å². The summed E-state index contributed by atoms with van der Waals surface area (Å²) in [4.78, 5) is 14.8. The van der Waals surface area contributed by atoms with Gasteiger partial charge in [-0.25, -0.2) is 0 Å². The van der Waals surface area contributed by atoms with E-state index in [0.29, 0.717) is 18.4 Å². The highest BCUT2D eigenvalue weighted by Crippen LogP contribution is 2.36. The summed E-state index contributed by atoms with van der Waals surface area (Å²) in [5.41, 5.74) is 0.831. The van der Waals surface area contributed by atoms with E-state index in [-0.39, 0.29) is 24.5 Å². The number of amides is 1. The molecule has 1 aromatic heterocycles. The smallest absolute Gasteiger partial charge is 0.224 e. The molecular weight excluding hydrogens is 294 g/mol. The third-order valence-electron chi connectivity index (χ3n) is 5.00. The summed E-state index contributed by atoms with van der Waals surface area (Å²) in [6.07, 6.45) is 4.63. The van der Waals surface area contributed by atoms with Gasteiger partial charge >= 0.3 is 0 Å². The Morgan fingerprint density at radius 3 is 3.00 bits per heavy atom. The molecule has 3 saturated heterocycles. The number of aromatic nitrogens is 3. The molecule has 2 N–H and O–H groups in total. The van der Waals surface area contributed by atoms with Crippen molar-refractivity contribution in [3.05, 3.63) is 11.9 Å². The molecule has 1 unspecified atom stereocenters. The first-order valence-corrected chi connectivity index (χ1v) is 8.61. The highest BCUT2D eigenvalue weighted by atomic mass is 16.3. The Kier molecular flexibility index (Phi) is 4.96. The molecule has 4 heterocycles. The van der Waals surface area contributed by atoms with E-state index in [4.69, 9.17) is 5.11 Å². The van der Waals surface area contributed by atoms with Crippen LogP contribution in [0.2, 0.25) is 0 Å². The largest absolute Gasteiger partial charge is 0.396 e. The Bertz CT molecular complexity index is 544. The van der Waals surface area contributed by atoms with Gasteiger partial charge in [0, 0.05) is 37.9 Å². The van der Waals surface area contributed by atoms with Gasteiger partial charge in [-0.3, -0.25) is 14.4 Å². The number of hydrogen-bond acceptors (Lipinski definition) is 5. The number of fused-ring (bicyclic) bond motifs is 3. The van der Waals surface area contributed by atoms with Crippen molar-refractivity contribution in [3.63, 3.8) is 0 Å². The van der Waals surface area contributed by atoms with Crippen molar-refractivity contribution in [3.8, 4) is 0 Å². The summed E-state index contributed by atoms with van der Waals surface area (Å²) in [6, 6.07) is 0.634. The average Bonchev–Trinajstić information content (AvgIpc) is 2.95. The highest BCUT2D eigenvalue weighted by Gasteiger charge is 2.43. The van der Waals surface area contributed by atoms with Crippen molar-refractivity contribution in [1.82, 2.24) is 25.2 Å². The van der Waals surface area contributed by atoms with Crippen LogP contribution in [0, 0.1) is 11.8 Å². The predicted molar refractivity (Wildman–Crippen MR) is 85.7 cm³/mol. The number of piperidine rings is 3. The van der Waals surface area contributed by atoms with Gasteiger partial charge in [0.25, 0.3) is 0 Å². The Morgan fingerprint density at radius 1 is 1.52 bits per heavy atom. The first kappa shape index (κ1) is 16.4. The second-order valence-corrected chi connectivity index (χ2v) is 7.11. The molecule has 0 aliphatic carbocycles. The van der Waals surface area contributed by atoms with Crippen molar-refractivity contribution in [2.75, 3.05) is 19.7 Å². The zero-order valence-corrected chi connectivity index (χ0v) is 14.0. The van der Waals surface area contributed by atoms with E-state index in [1.165, 1.54) is 0 Å². The van der Waals surface area contributed by atoms with Gasteiger partial charge in [0.2, 0.25) is 5.91 Å². The summed E-state index contributed by atoms with van der Waals surface area (Å²) in [5.74, 6) is 0.811. The maximum atomic E-state index is 12.3. The molecule has 1 aromatic rings.